The molecule has 1 saturated heterocycles. The highest BCUT2D eigenvalue weighted by atomic mass is 32.1. The second-order valence-corrected chi connectivity index (χ2v) is 9.79. The highest BCUT2D eigenvalue weighted by Crippen LogP contribution is 2.29. The van der Waals surface area contributed by atoms with Gasteiger partial charge in [0, 0.05) is 31.5 Å². The average molecular weight is 535 g/mol. The van der Waals surface area contributed by atoms with Crippen molar-refractivity contribution in [1.29, 1.82) is 0 Å². The first-order valence-corrected chi connectivity index (χ1v) is 13.3. The van der Waals surface area contributed by atoms with Crippen molar-refractivity contribution in [2.24, 2.45) is 0 Å². The summed E-state index contributed by atoms with van der Waals surface area (Å²) < 4.78 is 5.65. The van der Waals surface area contributed by atoms with E-state index in [1.807, 2.05) is 6.07 Å². The highest BCUT2D eigenvalue weighted by Gasteiger charge is 2.33. The lowest BCUT2D eigenvalue weighted by Crippen LogP contribution is -2.48. The predicted octanol–water partition coefficient (Wildman–Crippen LogP) is 3.51. The molecule has 38 heavy (non-hydrogen) atoms. The summed E-state index contributed by atoms with van der Waals surface area (Å²) in [6, 6.07) is 18.1. The Bertz CT molecular complexity index is 1240. The van der Waals surface area contributed by atoms with Crippen molar-refractivity contribution < 1.29 is 23.9 Å². The second kappa shape index (κ2) is 13.0. The fraction of sp³-hybridized carbons (Fsp3) is 0.286. The van der Waals surface area contributed by atoms with Gasteiger partial charge in [0.1, 0.15) is 6.04 Å². The van der Waals surface area contributed by atoms with Gasteiger partial charge in [0.2, 0.25) is 17.7 Å². The van der Waals surface area contributed by atoms with Gasteiger partial charge in [-0.05, 0) is 54.1 Å². The molecule has 1 fully saturated rings. The van der Waals surface area contributed by atoms with Gasteiger partial charge in [-0.25, -0.2) is 0 Å². The van der Waals surface area contributed by atoms with Crippen LogP contribution in [0.4, 0.5) is 11.4 Å². The van der Waals surface area contributed by atoms with Crippen LogP contribution in [0.3, 0.4) is 0 Å². The lowest BCUT2D eigenvalue weighted by molar-refractivity contribution is -0.126. The number of carbonyl (C=O) groups is 4. The number of nitrogens with zero attached hydrogens (tertiary/aromatic N) is 1. The van der Waals surface area contributed by atoms with E-state index in [9.17, 15) is 19.2 Å². The Hall–Kier alpha value is -4.02. The van der Waals surface area contributed by atoms with Gasteiger partial charge in [-0.2, -0.15) is 0 Å². The van der Waals surface area contributed by atoms with Gasteiger partial charge in [0.15, 0.2) is 0 Å². The first kappa shape index (κ1) is 27.0. The number of benzene rings is 2. The quantitative estimate of drug-likeness (QED) is 0.368. The van der Waals surface area contributed by atoms with Crippen molar-refractivity contribution in [3.05, 3.63) is 82.6 Å². The summed E-state index contributed by atoms with van der Waals surface area (Å²) in [6.07, 6.45) is 1.73. The van der Waals surface area contributed by atoms with Crippen LogP contribution in [0.1, 0.15) is 41.0 Å². The molecule has 0 saturated carbocycles. The number of anilines is 2. The fourth-order valence-corrected chi connectivity index (χ4v) is 4.89. The SMILES string of the molecule is CC(=O)Nc1ccc(N(C(=O)CNC(=O)c2cccs2)[C@H](C(=O)NC[C@H]2CCCO2)c2ccccc2)cc1. The van der Waals surface area contributed by atoms with Gasteiger partial charge in [0.05, 0.1) is 17.5 Å². The third kappa shape index (κ3) is 7.05. The highest BCUT2D eigenvalue weighted by molar-refractivity contribution is 7.12. The van der Waals surface area contributed by atoms with E-state index in [0.29, 0.717) is 35.0 Å². The Morgan fingerprint density at radius 1 is 1.00 bits per heavy atom. The van der Waals surface area contributed by atoms with E-state index in [1.54, 1.807) is 66.0 Å². The van der Waals surface area contributed by atoms with Crippen LogP contribution in [0.5, 0.6) is 0 Å². The molecule has 0 unspecified atom stereocenters. The van der Waals surface area contributed by atoms with Crippen molar-refractivity contribution in [2.45, 2.75) is 31.9 Å². The minimum absolute atomic E-state index is 0.0680. The topological polar surface area (TPSA) is 117 Å². The van der Waals surface area contributed by atoms with Crippen molar-refractivity contribution in [1.82, 2.24) is 10.6 Å². The van der Waals surface area contributed by atoms with Crippen LogP contribution in [-0.4, -0.2) is 49.4 Å². The largest absolute Gasteiger partial charge is 0.376 e. The molecule has 1 aliphatic heterocycles. The zero-order valence-corrected chi connectivity index (χ0v) is 21.8. The summed E-state index contributed by atoms with van der Waals surface area (Å²) in [4.78, 5) is 53.2. The van der Waals surface area contributed by atoms with E-state index >= 15 is 0 Å². The Morgan fingerprint density at radius 2 is 1.76 bits per heavy atom. The summed E-state index contributed by atoms with van der Waals surface area (Å²) in [6.45, 7) is 2.09. The van der Waals surface area contributed by atoms with Crippen LogP contribution in [0.15, 0.2) is 72.1 Å². The zero-order valence-electron chi connectivity index (χ0n) is 21.0. The molecule has 0 bridgehead atoms. The third-order valence-electron chi connectivity index (χ3n) is 6.03. The van der Waals surface area contributed by atoms with Gasteiger partial charge < -0.3 is 20.7 Å². The Labute approximate surface area is 225 Å². The molecule has 2 atom stereocenters. The van der Waals surface area contributed by atoms with E-state index in [0.717, 1.165) is 12.8 Å². The summed E-state index contributed by atoms with van der Waals surface area (Å²) in [7, 11) is 0. The van der Waals surface area contributed by atoms with Crippen LogP contribution in [0.25, 0.3) is 0 Å². The molecular weight excluding hydrogens is 504 g/mol. The lowest BCUT2D eigenvalue weighted by atomic mass is 10.0. The monoisotopic (exact) mass is 534 g/mol. The molecule has 2 heterocycles. The maximum Gasteiger partial charge on any atom is 0.261 e. The van der Waals surface area contributed by atoms with Crippen molar-refractivity contribution in [3.63, 3.8) is 0 Å². The maximum absolute atomic E-state index is 13.7. The number of carbonyl (C=O) groups excluding carboxylic acids is 4. The molecule has 1 aromatic heterocycles. The van der Waals surface area contributed by atoms with Crippen LogP contribution in [0.2, 0.25) is 0 Å². The van der Waals surface area contributed by atoms with Crippen molar-refractivity contribution >= 4 is 46.3 Å². The molecule has 198 valence electrons. The normalized spacial score (nSPS) is 15.3. The molecule has 3 aromatic rings. The molecule has 0 spiro atoms. The summed E-state index contributed by atoms with van der Waals surface area (Å²) >= 11 is 1.27. The first-order valence-electron chi connectivity index (χ1n) is 12.4. The van der Waals surface area contributed by atoms with Gasteiger partial charge >= 0.3 is 0 Å². The Kier molecular flexibility index (Phi) is 9.23. The molecule has 1 aliphatic rings. The van der Waals surface area contributed by atoms with Crippen molar-refractivity contribution in [2.75, 3.05) is 29.9 Å². The van der Waals surface area contributed by atoms with E-state index in [1.165, 1.54) is 23.2 Å². The smallest absolute Gasteiger partial charge is 0.261 e. The number of ether oxygens (including phenoxy) is 1. The molecule has 0 aliphatic carbocycles. The Balaban J connectivity index is 1.64. The maximum atomic E-state index is 13.7. The fourth-order valence-electron chi connectivity index (χ4n) is 4.25. The minimum Gasteiger partial charge on any atom is -0.376 e. The standard InChI is InChI=1S/C28H30N4O5S/c1-19(33)31-21-11-13-22(14-12-21)32(25(34)18-30-27(35)24-10-6-16-38-24)26(20-7-3-2-4-8-20)28(36)29-17-23-9-5-15-37-23/h2-4,6-8,10-14,16,23,26H,5,9,15,17-18H2,1H3,(H,29,36)(H,30,35)(H,31,33)/t23-,26+/m1/s1. The van der Waals surface area contributed by atoms with E-state index in [-0.39, 0.29) is 30.4 Å². The van der Waals surface area contributed by atoms with Gasteiger partial charge in [-0.1, -0.05) is 36.4 Å². The number of hydrogen-bond acceptors (Lipinski definition) is 6. The van der Waals surface area contributed by atoms with Gasteiger partial charge in [-0.15, -0.1) is 11.3 Å². The number of amides is 4. The van der Waals surface area contributed by atoms with Crippen LogP contribution in [-0.2, 0) is 19.1 Å². The number of nitrogens with one attached hydrogen (secondary N) is 3. The number of rotatable bonds is 10. The van der Waals surface area contributed by atoms with Crippen molar-refractivity contribution in [3.8, 4) is 0 Å². The van der Waals surface area contributed by atoms with Crippen LogP contribution >= 0.6 is 11.3 Å². The lowest BCUT2D eigenvalue weighted by Gasteiger charge is -2.32. The number of hydrogen-bond donors (Lipinski definition) is 3. The molecule has 0 radical (unpaired) electrons. The van der Waals surface area contributed by atoms with Crippen LogP contribution < -0.4 is 20.9 Å². The minimum atomic E-state index is -1.00. The molecule has 10 heteroatoms. The summed E-state index contributed by atoms with van der Waals surface area (Å²) in [5.74, 6) is -1.43. The molecular formula is C28H30N4O5S. The zero-order chi connectivity index (χ0) is 26.9. The first-order chi connectivity index (χ1) is 18.4. The predicted molar refractivity (Wildman–Crippen MR) is 146 cm³/mol. The molecule has 4 amide bonds. The third-order valence-corrected chi connectivity index (χ3v) is 6.90. The van der Waals surface area contributed by atoms with E-state index in [4.69, 9.17) is 4.74 Å². The average Bonchev–Trinajstić information content (AvgIpc) is 3.64. The van der Waals surface area contributed by atoms with Gasteiger partial charge in [-0.3, -0.25) is 24.1 Å². The molecule has 2 aromatic carbocycles. The Morgan fingerprint density at radius 3 is 2.39 bits per heavy atom. The molecule has 3 N–H and O–H groups in total. The van der Waals surface area contributed by atoms with Gasteiger partial charge in [0.25, 0.3) is 5.91 Å². The number of thiophene rings is 1. The van der Waals surface area contributed by atoms with E-state index in [2.05, 4.69) is 16.0 Å². The molecule has 9 nitrogen and oxygen atoms in total. The summed E-state index contributed by atoms with van der Waals surface area (Å²) in [5.41, 5.74) is 1.61. The molecule has 4 rings (SSSR count). The van der Waals surface area contributed by atoms with Crippen LogP contribution in [0, 0.1) is 0 Å². The summed E-state index contributed by atoms with van der Waals surface area (Å²) in [5, 5.41) is 10.1. The second-order valence-electron chi connectivity index (χ2n) is 8.85. The van der Waals surface area contributed by atoms with E-state index < -0.39 is 11.9 Å².